The molecule has 6 heteroatoms. The average Bonchev–Trinajstić information content (AvgIpc) is 2.47. The lowest BCUT2D eigenvalue weighted by Crippen LogP contribution is -2.58. The van der Waals surface area contributed by atoms with E-state index in [1.807, 2.05) is 6.92 Å². The Morgan fingerprint density at radius 3 is 2.55 bits per heavy atom. The normalized spacial score (nSPS) is 29.5. The molecule has 1 aromatic rings. The summed E-state index contributed by atoms with van der Waals surface area (Å²) in [5.41, 5.74) is 0. The van der Waals surface area contributed by atoms with Crippen LogP contribution in [0, 0.1) is 5.92 Å². The molecular weight excluding hydrogens is 322 g/mol. The van der Waals surface area contributed by atoms with Gasteiger partial charge < -0.3 is 0 Å². The topological polar surface area (TPSA) is 54.5 Å². The predicted octanol–water partition coefficient (Wildman–Crippen LogP) is 3.25. The molecule has 0 spiro atoms. The Morgan fingerprint density at radius 2 is 1.91 bits per heavy atom. The van der Waals surface area contributed by atoms with Gasteiger partial charge in [0, 0.05) is 29.4 Å². The van der Waals surface area contributed by atoms with E-state index in [1.54, 1.807) is 28.6 Å². The fourth-order valence-electron chi connectivity index (χ4n) is 3.86. The summed E-state index contributed by atoms with van der Waals surface area (Å²) in [6, 6.07) is 5.91. The number of benzene rings is 1. The van der Waals surface area contributed by atoms with Crippen molar-refractivity contribution in [3.63, 3.8) is 0 Å². The van der Waals surface area contributed by atoms with Crippen molar-refractivity contribution in [3.8, 4) is 0 Å². The third-order valence-electron chi connectivity index (χ3n) is 4.87. The molecule has 3 atom stereocenters. The number of hydrogen-bond donors (Lipinski definition) is 0. The van der Waals surface area contributed by atoms with Crippen LogP contribution in [0.15, 0.2) is 29.2 Å². The smallest absolute Gasteiger partial charge is 0.243 e. The zero-order valence-electron chi connectivity index (χ0n) is 12.5. The van der Waals surface area contributed by atoms with Crippen molar-refractivity contribution in [2.75, 3.05) is 0 Å². The molecule has 0 aliphatic carbocycles. The predicted molar refractivity (Wildman–Crippen MR) is 85.3 cm³/mol. The Balaban J connectivity index is 2.01. The third-order valence-corrected chi connectivity index (χ3v) is 7.11. The van der Waals surface area contributed by atoms with Gasteiger partial charge in [-0.25, -0.2) is 8.42 Å². The fourth-order valence-corrected chi connectivity index (χ4v) is 5.89. The Labute approximate surface area is 136 Å². The molecule has 2 fully saturated rings. The van der Waals surface area contributed by atoms with Gasteiger partial charge in [-0.2, -0.15) is 4.31 Å². The van der Waals surface area contributed by atoms with Gasteiger partial charge in [-0.1, -0.05) is 24.9 Å². The lowest BCUT2D eigenvalue weighted by molar-refractivity contribution is -0.130. The van der Waals surface area contributed by atoms with Crippen LogP contribution in [0.1, 0.15) is 39.0 Å². The molecule has 0 amide bonds. The summed E-state index contributed by atoms with van der Waals surface area (Å²) < 4.78 is 27.7. The van der Waals surface area contributed by atoms with Crippen LogP contribution < -0.4 is 0 Å². The van der Waals surface area contributed by atoms with Gasteiger partial charge in [0.15, 0.2) is 0 Å². The first-order valence-corrected chi connectivity index (χ1v) is 9.58. The van der Waals surface area contributed by atoms with Gasteiger partial charge in [-0.05, 0) is 43.5 Å². The summed E-state index contributed by atoms with van der Waals surface area (Å²) in [6.07, 6.45) is 3.58. The number of carbonyl (C=O) groups excluding carboxylic acids is 1. The van der Waals surface area contributed by atoms with Crippen LogP contribution in [0.5, 0.6) is 0 Å². The molecule has 120 valence electrons. The molecule has 0 aromatic heterocycles. The minimum absolute atomic E-state index is 0.168. The minimum Gasteiger partial charge on any atom is -0.299 e. The van der Waals surface area contributed by atoms with Crippen LogP contribution >= 0.6 is 11.6 Å². The molecule has 22 heavy (non-hydrogen) atoms. The van der Waals surface area contributed by atoms with Crippen LogP contribution in [-0.2, 0) is 14.8 Å². The molecule has 1 aromatic carbocycles. The first-order chi connectivity index (χ1) is 10.4. The molecule has 2 aliphatic rings. The quantitative estimate of drug-likeness (QED) is 0.848. The second-order valence-corrected chi connectivity index (χ2v) is 8.41. The van der Waals surface area contributed by atoms with E-state index in [4.69, 9.17) is 11.6 Å². The van der Waals surface area contributed by atoms with Crippen LogP contribution in [-0.4, -0.2) is 30.6 Å². The van der Waals surface area contributed by atoms with Gasteiger partial charge in [0.25, 0.3) is 0 Å². The summed E-state index contributed by atoms with van der Waals surface area (Å²) in [5, 5.41) is 0.513. The Bertz CT molecular complexity index is 671. The highest BCUT2D eigenvalue weighted by Gasteiger charge is 2.48. The van der Waals surface area contributed by atoms with Gasteiger partial charge in [0.05, 0.1) is 4.90 Å². The molecule has 3 rings (SSSR count). The van der Waals surface area contributed by atoms with Gasteiger partial charge in [-0.3, -0.25) is 4.79 Å². The zero-order chi connectivity index (χ0) is 15.9. The average molecular weight is 342 g/mol. The summed E-state index contributed by atoms with van der Waals surface area (Å²) >= 11 is 5.85. The standard InChI is InChI=1S/C16H20ClNO3S/c1-2-14-15-5-3-4-12(10-16(14)19)18(15)22(20,21)13-8-6-11(17)7-9-13/h6-9,12,14-15H,2-5,10H2,1H3. The molecule has 0 N–H and O–H groups in total. The molecule has 0 saturated carbocycles. The number of ketones is 1. The molecule has 4 nitrogen and oxygen atoms in total. The molecule has 3 unspecified atom stereocenters. The van der Waals surface area contributed by atoms with Gasteiger partial charge in [0.2, 0.25) is 10.0 Å². The lowest BCUT2D eigenvalue weighted by atomic mass is 9.77. The van der Waals surface area contributed by atoms with E-state index in [9.17, 15) is 13.2 Å². The summed E-state index contributed by atoms with van der Waals surface area (Å²) in [6.45, 7) is 1.96. The van der Waals surface area contributed by atoms with E-state index in [2.05, 4.69) is 0 Å². The number of nitrogens with zero attached hydrogens (tertiary/aromatic N) is 1. The number of halogens is 1. The van der Waals surface area contributed by atoms with Crippen LogP contribution in [0.25, 0.3) is 0 Å². The van der Waals surface area contributed by atoms with Crippen molar-refractivity contribution in [2.24, 2.45) is 5.92 Å². The molecule has 2 heterocycles. The minimum atomic E-state index is -3.58. The van der Waals surface area contributed by atoms with Gasteiger partial charge >= 0.3 is 0 Å². The number of fused-ring (bicyclic) bond motifs is 2. The molecule has 2 aliphatic heterocycles. The van der Waals surface area contributed by atoms with E-state index in [-0.39, 0.29) is 28.7 Å². The monoisotopic (exact) mass is 341 g/mol. The molecule has 2 bridgehead atoms. The van der Waals surface area contributed by atoms with E-state index >= 15 is 0 Å². The van der Waals surface area contributed by atoms with E-state index in [0.29, 0.717) is 17.9 Å². The summed E-state index contributed by atoms with van der Waals surface area (Å²) in [5.74, 6) is 0.0541. The molecular formula is C16H20ClNO3S. The van der Waals surface area contributed by atoms with E-state index in [0.717, 1.165) is 19.3 Å². The highest BCUT2D eigenvalue weighted by Crippen LogP contribution is 2.40. The van der Waals surface area contributed by atoms with Crippen molar-refractivity contribution in [1.29, 1.82) is 0 Å². The van der Waals surface area contributed by atoms with E-state index < -0.39 is 10.0 Å². The summed E-state index contributed by atoms with van der Waals surface area (Å²) in [4.78, 5) is 12.5. The van der Waals surface area contributed by atoms with Crippen molar-refractivity contribution < 1.29 is 13.2 Å². The molecule has 2 saturated heterocycles. The second kappa shape index (κ2) is 5.95. The number of sulfonamides is 1. The number of carbonyl (C=O) groups is 1. The maximum atomic E-state index is 13.1. The zero-order valence-corrected chi connectivity index (χ0v) is 14.1. The van der Waals surface area contributed by atoms with Crippen molar-refractivity contribution in [3.05, 3.63) is 29.3 Å². The van der Waals surface area contributed by atoms with Crippen LogP contribution in [0.3, 0.4) is 0 Å². The van der Waals surface area contributed by atoms with Crippen molar-refractivity contribution in [1.82, 2.24) is 4.31 Å². The number of piperidine rings is 2. The largest absolute Gasteiger partial charge is 0.299 e. The van der Waals surface area contributed by atoms with Crippen molar-refractivity contribution in [2.45, 2.75) is 56.0 Å². The van der Waals surface area contributed by atoms with Gasteiger partial charge in [0.1, 0.15) is 5.78 Å². The summed E-state index contributed by atoms with van der Waals surface area (Å²) in [7, 11) is -3.58. The highest BCUT2D eigenvalue weighted by atomic mass is 35.5. The maximum absolute atomic E-state index is 13.1. The van der Waals surface area contributed by atoms with E-state index in [1.165, 1.54) is 0 Å². The maximum Gasteiger partial charge on any atom is 0.243 e. The molecule has 0 radical (unpaired) electrons. The first-order valence-electron chi connectivity index (χ1n) is 7.77. The Kier molecular flexibility index (Phi) is 4.32. The second-order valence-electron chi connectivity index (χ2n) is 6.13. The Morgan fingerprint density at radius 1 is 1.23 bits per heavy atom. The Hall–Kier alpha value is -0.910. The number of hydrogen-bond acceptors (Lipinski definition) is 3. The number of rotatable bonds is 3. The first kappa shape index (κ1) is 16.0. The lowest BCUT2D eigenvalue weighted by Gasteiger charge is -2.47. The highest BCUT2D eigenvalue weighted by molar-refractivity contribution is 7.89. The van der Waals surface area contributed by atoms with Gasteiger partial charge in [-0.15, -0.1) is 0 Å². The number of Topliss-reactive ketones (excluding diaryl/α,β-unsaturated/α-hetero) is 1. The fraction of sp³-hybridized carbons (Fsp3) is 0.562. The van der Waals surface area contributed by atoms with Crippen molar-refractivity contribution >= 4 is 27.4 Å². The third kappa shape index (κ3) is 2.59. The SMILES string of the molecule is CCC1C(=O)CC2CCCC1N2S(=O)(=O)c1ccc(Cl)cc1. The van der Waals surface area contributed by atoms with Crippen LogP contribution in [0.4, 0.5) is 0 Å². The van der Waals surface area contributed by atoms with Crippen LogP contribution in [0.2, 0.25) is 5.02 Å².